The molecule has 5 heteroatoms. The first-order valence-corrected chi connectivity index (χ1v) is 13.9. The summed E-state index contributed by atoms with van der Waals surface area (Å²) in [6.45, 7) is 5.53. The Labute approximate surface area is 208 Å². The maximum atomic E-state index is 12.2. The molecule has 0 amide bonds. The van der Waals surface area contributed by atoms with Crippen LogP contribution >= 0.6 is 11.8 Å². The van der Waals surface area contributed by atoms with Crippen LogP contribution in [0.15, 0.2) is 59.5 Å². The van der Waals surface area contributed by atoms with Gasteiger partial charge >= 0.3 is 0 Å². The van der Waals surface area contributed by atoms with Gasteiger partial charge in [-0.05, 0) is 80.3 Å². The molecule has 5 rings (SSSR count). The van der Waals surface area contributed by atoms with Gasteiger partial charge in [-0.25, -0.2) is 0 Å². The lowest BCUT2D eigenvalue weighted by Crippen LogP contribution is -2.53. The summed E-state index contributed by atoms with van der Waals surface area (Å²) in [6.07, 6.45) is 6.26. The van der Waals surface area contributed by atoms with Crippen LogP contribution in [0, 0.1) is 29.1 Å². The molecule has 0 bridgehead atoms. The first-order valence-electron chi connectivity index (χ1n) is 12.7. The Hall–Kier alpha value is -2.29. The number of hydrogen-bond acceptors (Lipinski definition) is 5. The number of benzene rings is 2. The van der Waals surface area contributed by atoms with E-state index < -0.39 is 5.41 Å². The highest BCUT2D eigenvalue weighted by atomic mass is 32.2. The zero-order valence-corrected chi connectivity index (χ0v) is 21.0. The van der Waals surface area contributed by atoms with E-state index in [4.69, 9.17) is 0 Å². The summed E-state index contributed by atoms with van der Waals surface area (Å²) in [4.78, 5) is 18.6. The molecule has 1 aliphatic carbocycles. The van der Waals surface area contributed by atoms with Crippen molar-refractivity contribution in [3.05, 3.63) is 60.2 Å². The molecule has 2 heterocycles. The van der Waals surface area contributed by atoms with E-state index in [-0.39, 0.29) is 5.92 Å². The maximum Gasteiger partial charge on any atom is 0.133 e. The van der Waals surface area contributed by atoms with E-state index in [9.17, 15) is 10.1 Å². The van der Waals surface area contributed by atoms with E-state index in [2.05, 4.69) is 58.5 Å². The second-order valence-electron chi connectivity index (χ2n) is 10.4. The van der Waals surface area contributed by atoms with Gasteiger partial charge in [0.25, 0.3) is 0 Å². The van der Waals surface area contributed by atoms with Crippen molar-refractivity contribution in [1.82, 2.24) is 4.90 Å². The second kappa shape index (κ2) is 10.1. The van der Waals surface area contributed by atoms with Crippen molar-refractivity contribution in [2.24, 2.45) is 17.8 Å². The number of hydrogen-bond donors (Lipinski definition) is 0. The molecular formula is C29H35N3OS. The number of piperidine rings is 1. The molecule has 0 aromatic heterocycles. The molecule has 3 fully saturated rings. The number of rotatable bonds is 7. The molecule has 0 N–H and O–H groups in total. The predicted molar refractivity (Wildman–Crippen MR) is 139 cm³/mol. The Morgan fingerprint density at radius 2 is 1.71 bits per heavy atom. The molecule has 2 aromatic carbocycles. The number of thioether (sulfide) groups is 1. The van der Waals surface area contributed by atoms with Gasteiger partial charge in [-0.2, -0.15) is 5.26 Å². The van der Waals surface area contributed by atoms with Crippen molar-refractivity contribution in [1.29, 1.82) is 5.26 Å². The average molecular weight is 474 g/mol. The Morgan fingerprint density at radius 3 is 2.29 bits per heavy atom. The maximum absolute atomic E-state index is 12.2. The fourth-order valence-corrected chi connectivity index (χ4v) is 7.00. The van der Waals surface area contributed by atoms with Gasteiger partial charge in [0.15, 0.2) is 0 Å². The number of nitriles is 1. The molecule has 3 aliphatic rings. The van der Waals surface area contributed by atoms with E-state index in [0.717, 1.165) is 63.5 Å². The summed E-state index contributed by atoms with van der Waals surface area (Å²) in [5.74, 6) is 1.52. The first kappa shape index (κ1) is 23.5. The summed E-state index contributed by atoms with van der Waals surface area (Å²) in [5, 5.41) is 10.6. The minimum Gasteiger partial charge on any atom is -0.371 e. The average Bonchev–Trinajstić information content (AvgIpc) is 3.30. The van der Waals surface area contributed by atoms with E-state index in [1.807, 2.05) is 18.2 Å². The number of ketones is 1. The van der Waals surface area contributed by atoms with Crippen LogP contribution in [0.25, 0.3) is 0 Å². The summed E-state index contributed by atoms with van der Waals surface area (Å²) in [7, 11) is 0. The lowest BCUT2D eigenvalue weighted by molar-refractivity contribution is -0.117. The number of Topliss-reactive ketones (excluding diaryl/α,β-unsaturated/α-hetero) is 1. The van der Waals surface area contributed by atoms with Gasteiger partial charge in [-0.1, -0.05) is 30.3 Å². The van der Waals surface area contributed by atoms with Crippen LogP contribution in [-0.4, -0.2) is 49.7 Å². The number of likely N-dealkylation sites (tertiary alicyclic amines) is 1. The molecule has 2 unspecified atom stereocenters. The minimum atomic E-state index is -0.532. The molecular weight excluding hydrogens is 438 g/mol. The number of carbonyl (C=O) groups is 1. The monoisotopic (exact) mass is 473 g/mol. The third-order valence-electron chi connectivity index (χ3n) is 8.47. The molecule has 4 nitrogen and oxygen atoms in total. The van der Waals surface area contributed by atoms with Gasteiger partial charge in [-0.15, -0.1) is 11.8 Å². The van der Waals surface area contributed by atoms with Crippen LogP contribution in [0.1, 0.15) is 37.7 Å². The number of nitrogens with zero attached hydrogens (tertiary/aromatic N) is 3. The molecule has 0 spiro atoms. The Kier molecular flexibility index (Phi) is 6.99. The smallest absolute Gasteiger partial charge is 0.133 e. The van der Waals surface area contributed by atoms with E-state index in [1.54, 1.807) is 11.8 Å². The first-order chi connectivity index (χ1) is 16.6. The predicted octanol–water partition coefficient (Wildman–Crippen LogP) is 5.39. The van der Waals surface area contributed by atoms with Gasteiger partial charge in [0.1, 0.15) is 5.78 Å². The van der Waals surface area contributed by atoms with E-state index in [0.29, 0.717) is 24.5 Å². The number of carbonyl (C=O) groups excluding carboxylic acids is 1. The minimum absolute atomic E-state index is 0.154. The summed E-state index contributed by atoms with van der Waals surface area (Å²) >= 11 is 1.79. The molecule has 1 saturated carbocycles. The van der Waals surface area contributed by atoms with E-state index in [1.165, 1.54) is 10.6 Å². The van der Waals surface area contributed by atoms with Gasteiger partial charge < -0.3 is 9.80 Å². The van der Waals surface area contributed by atoms with Crippen molar-refractivity contribution < 1.29 is 4.79 Å². The number of anilines is 1. The molecule has 2 aliphatic heterocycles. The summed E-state index contributed by atoms with van der Waals surface area (Å²) < 4.78 is 0. The van der Waals surface area contributed by atoms with Crippen LogP contribution in [0.3, 0.4) is 0 Å². The SMILES string of the molecule is CSc1ccc(N2CC(CN3CCC(C(C#N)(c4ccccc4)C4CCC(=O)C4)CC3)C2)cc1. The van der Waals surface area contributed by atoms with Crippen molar-refractivity contribution in [3.8, 4) is 6.07 Å². The van der Waals surface area contributed by atoms with Crippen molar-refractivity contribution >= 4 is 23.2 Å². The highest BCUT2D eigenvalue weighted by Crippen LogP contribution is 2.49. The third-order valence-corrected chi connectivity index (χ3v) is 9.21. The second-order valence-corrected chi connectivity index (χ2v) is 11.2. The zero-order valence-electron chi connectivity index (χ0n) is 20.2. The molecule has 34 heavy (non-hydrogen) atoms. The van der Waals surface area contributed by atoms with Crippen molar-refractivity contribution in [3.63, 3.8) is 0 Å². The Morgan fingerprint density at radius 1 is 1.00 bits per heavy atom. The van der Waals surface area contributed by atoms with Crippen molar-refractivity contribution in [2.75, 3.05) is 43.9 Å². The van der Waals surface area contributed by atoms with Gasteiger partial charge in [0.05, 0.1) is 11.5 Å². The van der Waals surface area contributed by atoms with E-state index >= 15 is 0 Å². The van der Waals surface area contributed by atoms with Crippen LogP contribution in [-0.2, 0) is 10.2 Å². The van der Waals surface area contributed by atoms with Gasteiger partial charge in [0, 0.05) is 49.0 Å². The lowest BCUT2D eigenvalue weighted by atomic mass is 9.60. The van der Waals surface area contributed by atoms with Gasteiger partial charge in [-0.3, -0.25) is 4.79 Å². The Bertz CT molecular complexity index is 1020. The summed E-state index contributed by atoms with van der Waals surface area (Å²) in [6, 6.07) is 22.1. The normalized spacial score (nSPS) is 23.9. The molecule has 0 radical (unpaired) electrons. The quantitative estimate of drug-likeness (QED) is 0.505. The van der Waals surface area contributed by atoms with Crippen LogP contribution in [0.5, 0.6) is 0 Å². The molecule has 2 atom stereocenters. The van der Waals surface area contributed by atoms with Crippen LogP contribution in [0.4, 0.5) is 5.69 Å². The van der Waals surface area contributed by atoms with Crippen LogP contribution < -0.4 is 4.90 Å². The Balaban J connectivity index is 1.20. The molecule has 2 aromatic rings. The highest BCUT2D eigenvalue weighted by Gasteiger charge is 2.50. The largest absolute Gasteiger partial charge is 0.371 e. The fraction of sp³-hybridized carbons (Fsp3) is 0.517. The molecule has 178 valence electrons. The highest BCUT2D eigenvalue weighted by molar-refractivity contribution is 7.98. The van der Waals surface area contributed by atoms with Gasteiger partial charge in [0.2, 0.25) is 0 Å². The third kappa shape index (κ3) is 4.51. The summed E-state index contributed by atoms with van der Waals surface area (Å²) in [5.41, 5.74) is 1.92. The lowest BCUT2D eigenvalue weighted by Gasteiger charge is -2.47. The zero-order chi connectivity index (χ0) is 23.5. The van der Waals surface area contributed by atoms with Crippen LogP contribution in [0.2, 0.25) is 0 Å². The topological polar surface area (TPSA) is 47.3 Å². The fourth-order valence-electron chi connectivity index (χ4n) is 6.59. The van der Waals surface area contributed by atoms with Crippen molar-refractivity contribution in [2.45, 2.75) is 42.4 Å². The molecule has 2 saturated heterocycles. The standard InChI is InChI=1S/C29H35N3OS/c1-34-28-11-8-26(9-12-28)32-19-22(20-32)18-31-15-13-24(14-16-31)29(21-30,23-5-3-2-4-6-23)25-7-10-27(33)17-25/h2-6,8-9,11-12,22,24-25H,7,10,13-20H2,1H3.